The molecule has 1 amide bonds. The number of halogens is 2. The van der Waals surface area contributed by atoms with Crippen LogP contribution in [0.5, 0.6) is 0 Å². The molecular formula is C19H16ClFN4O4S. The minimum atomic E-state index is -4.22. The molecule has 0 bridgehead atoms. The molecule has 3 rings (SSSR count). The molecule has 0 spiro atoms. The summed E-state index contributed by atoms with van der Waals surface area (Å²) in [6.07, 6.45) is 2.32. The maximum atomic E-state index is 14.1. The third-order valence-electron chi connectivity index (χ3n) is 4.02. The van der Waals surface area contributed by atoms with Crippen molar-refractivity contribution in [1.29, 1.82) is 0 Å². The summed E-state index contributed by atoms with van der Waals surface area (Å²) in [5.41, 5.74) is 1.71. The summed E-state index contributed by atoms with van der Waals surface area (Å²) >= 11 is 5.69. The van der Waals surface area contributed by atoms with Gasteiger partial charge in [0, 0.05) is 23.0 Å². The second-order valence-electron chi connectivity index (χ2n) is 6.08. The van der Waals surface area contributed by atoms with Gasteiger partial charge in [-0.2, -0.15) is 0 Å². The number of sulfonamides is 1. The normalized spacial score (nSPS) is 11.1. The Kier molecular flexibility index (Phi) is 6.18. The standard InChI is InChI=1S/C19H16ClFN4O4S/c1-11-16(25-30(27,28)17-4-3-14(20)9-15(17)21)7-13(10-23-11)12-5-6-22-18(8-12)24-19(26)29-2/h3-10,25H,1-2H3,(H,22,24,26). The van der Waals surface area contributed by atoms with E-state index in [1.165, 1.54) is 25.6 Å². The van der Waals surface area contributed by atoms with Gasteiger partial charge in [-0.1, -0.05) is 11.6 Å². The third-order valence-corrected chi connectivity index (χ3v) is 5.66. The minimum absolute atomic E-state index is 0.0837. The lowest BCUT2D eigenvalue weighted by atomic mass is 10.1. The van der Waals surface area contributed by atoms with E-state index in [1.807, 2.05) is 0 Å². The summed E-state index contributed by atoms with van der Waals surface area (Å²) < 4.78 is 46.3. The molecule has 1 aromatic carbocycles. The first-order valence-electron chi connectivity index (χ1n) is 8.45. The fourth-order valence-corrected chi connectivity index (χ4v) is 3.85. The number of anilines is 2. The Balaban J connectivity index is 1.94. The lowest BCUT2D eigenvalue weighted by molar-refractivity contribution is 0.187. The molecule has 0 fully saturated rings. The molecule has 156 valence electrons. The number of aromatic nitrogens is 2. The fourth-order valence-electron chi connectivity index (χ4n) is 2.52. The molecule has 2 heterocycles. The van der Waals surface area contributed by atoms with Gasteiger partial charge in [0.25, 0.3) is 10.0 Å². The SMILES string of the molecule is COC(=O)Nc1cc(-c2cnc(C)c(NS(=O)(=O)c3ccc(Cl)cc3F)c2)ccn1. The number of benzene rings is 1. The van der Waals surface area contributed by atoms with Crippen LogP contribution in [-0.4, -0.2) is 31.6 Å². The van der Waals surface area contributed by atoms with Crippen molar-refractivity contribution in [2.45, 2.75) is 11.8 Å². The Hall–Kier alpha value is -3.24. The highest BCUT2D eigenvalue weighted by atomic mass is 35.5. The lowest BCUT2D eigenvalue weighted by Crippen LogP contribution is -2.15. The van der Waals surface area contributed by atoms with Crippen molar-refractivity contribution in [1.82, 2.24) is 9.97 Å². The fraction of sp³-hybridized carbons (Fsp3) is 0.105. The van der Waals surface area contributed by atoms with Crippen LogP contribution in [0.3, 0.4) is 0 Å². The highest BCUT2D eigenvalue weighted by Crippen LogP contribution is 2.28. The van der Waals surface area contributed by atoms with Crippen LogP contribution in [0.25, 0.3) is 11.1 Å². The average Bonchev–Trinajstić information content (AvgIpc) is 2.69. The lowest BCUT2D eigenvalue weighted by Gasteiger charge is -2.13. The summed E-state index contributed by atoms with van der Waals surface area (Å²) in [4.78, 5) is 19.0. The molecule has 30 heavy (non-hydrogen) atoms. The van der Waals surface area contributed by atoms with Gasteiger partial charge in [0.2, 0.25) is 0 Å². The Morgan fingerprint density at radius 2 is 1.90 bits per heavy atom. The zero-order valence-corrected chi connectivity index (χ0v) is 17.4. The summed E-state index contributed by atoms with van der Waals surface area (Å²) in [6.45, 7) is 1.61. The van der Waals surface area contributed by atoms with E-state index in [4.69, 9.17) is 11.6 Å². The molecule has 0 aliphatic heterocycles. The number of hydrogen-bond acceptors (Lipinski definition) is 6. The molecule has 2 N–H and O–H groups in total. The van der Waals surface area contributed by atoms with Crippen molar-refractivity contribution >= 4 is 39.2 Å². The van der Waals surface area contributed by atoms with Crippen LogP contribution < -0.4 is 10.0 Å². The summed E-state index contributed by atoms with van der Waals surface area (Å²) in [6, 6.07) is 8.07. The van der Waals surface area contributed by atoms with Gasteiger partial charge in [0.1, 0.15) is 16.5 Å². The van der Waals surface area contributed by atoms with E-state index >= 15 is 0 Å². The molecule has 0 radical (unpaired) electrons. The van der Waals surface area contributed by atoms with E-state index in [-0.39, 0.29) is 16.5 Å². The number of ether oxygens (including phenoxy) is 1. The third kappa shape index (κ3) is 4.84. The topological polar surface area (TPSA) is 110 Å². The minimum Gasteiger partial charge on any atom is -0.453 e. The zero-order valence-electron chi connectivity index (χ0n) is 15.8. The number of amides is 1. The van der Waals surface area contributed by atoms with E-state index in [0.29, 0.717) is 16.8 Å². The van der Waals surface area contributed by atoms with E-state index in [9.17, 15) is 17.6 Å². The van der Waals surface area contributed by atoms with Crippen LogP contribution in [-0.2, 0) is 14.8 Å². The number of nitrogens with one attached hydrogen (secondary N) is 2. The Labute approximate surface area is 177 Å². The Morgan fingerprint density at radius 3 is 2.60 bits per heavy atom. The van der Waals surface area contributed by atoms with Gasteiger partial charge < -0.3 is 4.74 Å². The van der Waals surface area contributed by atoms with Crippen LogP contribution in [0, 0.1) is 12.7 Å². The molecule has 0 aliphatic carbocycles. The Bertz CT molecular complexity index is 1220. The largest absolute Gasteiger partial charge is 0.453 e. The number of nitrogens with zero attached hydrogens (tertiary/aromatic N) is 2. The van der Waals surface area contributed by atoms with Crippen LogP contribution in [0.4, 0.5) is 20.7 Å². The van der Waals surface area contributed by atoms with Crippen molar-refractivity contribution in [3.8, 4) is 11.1 Å². The van der Waals surface area contributed by atoms with Crippen molar-refractivity contribution in [2.24, 2.45) is 0 Å². The Morgan fingerprint density at radius 1 is 1.13 bits per heavy atom. The number of carbonyl (C=O) groups is 1. The highest BCUT2D eigenvalue weighted by Gasteiger charge is 2.21. The van der Waals surface area contributed by atoms with Crippen molar-refractivity contribution in [3.05, 3.63) is 65.3 Å². The quantitative estimate of drug-likeness (QED) is 0.602. The van der Waals surface area contributed by atoms with E-state index in [0.717, 1.165) is 12.1 Å². The predicted molar refractivity (Wildman–Crippen MR) is 110 cm³/mol. The summed E-state index contributed by atoms with van der Waals surface area (Å²) in [7, 11) is -2.99. The summed E-state index contributed by atoms with van der Waals surface area (Å²) in [5, 5.41) is 2.53. The smallest absolute Gasteiger partial charge is 0.412 e. The van der Waals surface area contributed by atoms with Crippen LogP contribution in [0.2, 0.25) is 5.02 Å². The van der Waals surface area contributed by atoms with E-state index < -0.39 is 26.8 Å². The van der Waals surface area contributed by atoms with E-state index in [1.54, 1.807) is 25.1 Å². The first-order valence-corrected chi connectivity index (χ1v) is 10.3. The average molecular weight is 451 g/mol. The second kappa shape index (κ2) is 8.64. The van der Waals surface area contributed by atoms with Gasteiger partial charge >= 0.3 is 6.09 Å². The molecule has 0 atom stereocenters. The van der Waals surface area contributed by atoms with Crippen LogP contribution in [0.1, 0.15) is 5.69 Å². The number of pyridine rings is 2. The van der Waals surface area contributed by atoms with Gasteiger partial charge in [0.15, 0.2) is 0 Å². The molecular weight excluding hydrogens is 435 g/mol. The number of methoxy groups -OCH3 is 1. The van der Waals surface area contributed by atoms with Crippen LogP contribution in [0.15, 0.2) is 53.7 Å². The van der Waals surface area contributed by atoms with Gasteiger partial charge in [-0.25, -0.2) is 22.6 Å². The predicted octanol–water partition coefficient (Wildman–Crippen LogP) is 4.22. The molecule has 3 aromatic rings. The van der Waals surface area contributed by atoms with Crippen molar-refractivity contribution < 1.29 is 22.3 Å². The summed E-state index contributed by atoms with van der Waals surface area (Å²) in [5.74, 6) is -0.727. The number of rotatable bonds is 5. The maximum Gasteiger partial charge on any atom is 0.412 e. The molecule has 2 aromatic heterocycles. The molecule has 0 saturated carbocycles. The first kappa shape index (κ1) is 21.5. The monoisotopic (exact) mass is 450 g/mol. The number of carbonyl (C=O) groups excluding carboxylic acids is 1. The zero-order chi connectivity index (χ0) is 21.9. The van der Waals surface area contributed by atoms with Gasteiger partial charge in [-0.3, -0.25) is 15.0 Å². The van der Waals surface area contributed by atoms with Gasteiger partial charge in [-0.05, 0) is 48.9 Å². The first-order chi connectivity index (χ1) is 14.2. The van der Waals surface area contributed by atoms with Crippen molar-refractivity contribution in [2.75, 3.05) is 17.1 Å². The molecule has 0 aliphatic rings. The highest BCUT2D eigenvalue weighted by molar-refractivity contribution is 7.92. The molecule has 0 saturated heterocycles. The van der Waals surface area contributed by atoms with Crippen molar-refractivity contribution in [3.63, 3.8) is 0 Å². The van der Waals surface area contributed by atoms with E-state index in [2.05, 4.69) is 24.7 Å². The number of hydrogen-bond donors (Lipinski definition) is 2. The second-order valence-corrected chi connectivity index (χ2v) is 8.17. The maximum absolute atomic E-state index is 14.1. The number of aryl methyl sites for hydroxylation is 1. The molecule has 11 heteroatoms. The molecule has 0 unspecified atom stereocenters. The van der Waals surface area contributed by atoms with Crippen LogP contribution >= 0.6 is 11.6 Å². The molecule has 8 nitrogen and oxygen atoms in total. The van der Waals surface area contributed by atoms with Gasteiger partial charge in [-0.15, -0.1) is 0 Å². The van der Waals surface area contributed by atoms with Gasteiger partial charge in [0.05, 0.1) is 18.5 Å².